The Morgan fingerprint density at radius 3 is 2.97 bits per heavy atom. The van der Waals surface area contributed by atoms with Gasteiger partial charge in [0.1, 0.15) is 24.1 Å². The summed E-state index contributed by atoms with van der Waals surface area (Å²) in [6.07, 6.45) is 4.24. The summed E-state index contributed by atoms with van der Waals surface area (Å²) in [5.74, 6) is -0.921. The average molecular weight is 482 g/mol. The van der Waals surface area contributed by atoms with Crippen molar-refractivity contribution in [2.75, 3.05) is 44.8 Å². The van der Waals surface area contributed by atoms with Crippen molar-refractivity contribution in [2.24, 2.45) is 5.92 Å². The lowest BCUT2D eigenvalue weighted by Crippen LogP contribution is -2.43. The first-order valence-electron chi connectivity index (χ1n) is 11.3. The third-order valence-corrected chi connectivity index (χ3v) is 7.35. The fourth-order valence-corrected chi connectivity index (χ4v) is 5.62. The molecule has 33 heavy (non-hydrogen) atoms. The lowest BCUT2D eigenvalue weighted by molar-refractivity contribution is -0.145. The first kappa shape index (κ1) is 22.5. The number of carbonyl (C=O) groups is 1. The van der Waals surface area contributed by atoms with Gasteiger partial charge in [-0.15, -0.1) is 0 Å². The number of halogens is 3. The van der Waals surface area contributed by atoms with Gasteiger partial charge in [0.2, 0.25) is 0 Å². The molecule has 5 heterocycles. The quantitative estimate of drug-likeness (QED) is 0.476. The van der Waals surface area contributed by atoms with E-state index in [1.807, 2.05) is 4.90 Å². The van der Waals surface area contributed by atoms with Crippen molar-refractivity contribution in [1.82, 2.24) is 19.9 Å². The molecule has 3 aliphatic heterocycles. The fourth-order valence-electron chi connectivity index (χ4n) is 5.48. The molecule has 0 amide bonds. The molecule has 0 radical (unpaired) electrons. The number of hydrogen-bond acceptors (Lipinski definition) is 8. The minimum absolute atomic E-state index is 0.00221. The van der Waals surface area contributed by atoms with E-state index in [2.05, 4.69) is 19.9 Å². The second-order valence-electron chi connectivity index (χ2n) is 9.13. The molecule has 0 bridgehead atoms. The fraction of sp³-hybridized carbons (Fsp3) is 0.636. The smallest absolute Gasteiger partial charge is 0.319 e. The second-order valence-corrected chi connectivity index (χ2v) is 9.49. The maximum Gasteiger partial charge on any atom is 0.319 e. The highest BCUT2D eigenvalue weighted by Gasteiger charge is 2.49. The van der Waals surface area contributed by atoms with E-state index in [9.17, 15) is 13.6 Å². The predicted molar refractivity (Wildman–Crippen MR) is 118 cm³/mol. The van der Waals surface area contributed by atoms with Crippen LogP contribution < -0.4 is 9.64 Å². The minimum Gasteiger partial charge on any atom is -0.469 e. The van der Waals surface area contributed by atoms with Crippen molar-refractivity contribution in [1.29, 1.82) is 0 Å². The molecule has 0 aromatic carbocycles. The number of methoxy groups -OCH3 is 1. The van der Waals surface area contributed by atoms with E-state index in [1.54, 1.807) is 0 Å². The largest absolute Gasteiger partial charge is 0.469 e. The summed E-state index contributed by atoms with van der Waals surface area (Å²) in [5, 5.41) is 0.0981. The summed E-state index contributed by atoms with van der Waals surface area (Å²) in [5.41, 5.74) is -0.376. The number of fused-ring (bicyclic) bond motifs is 2. The third-order valence-electron chi connectivity index (χ3n) is 7.09. The lowest BCUT2D eigenvalue weighted by Gasteiger charge is -2.33. The minimum atomic E-state index is -0.882. The summed E-state index contributed by atoms with van der Waals surface area (Å²) in [6.45, 7) is 2.48. The zero-order chi connectivity index (χ0) is 23.2. The van der Waals surface area contributed by atoms with Crippen molar-refractivity contribution in [3.63, 3.8) is 0 Å². The Kier molecular flexibility index (Phi) is 5.98. The molecule has 0 spiro atoms. The number of anilines is 1. The number of alkyl halides is 1. The van der Waals surface area contributed by atoms with Gasteiger partial charge < -0.3 is 14.4 Å². The van der Waals surface area contributed by atoms with Crippen molar-refractivity contribution in [3.05, 3.63) is 17.2 Å². The Bertz CT molecular complexity index is 1080. The molecule has 0 saturated carbocycles. The molecular formula is C22H26ClF2N5O3. The standard InChI is InChI=1S/C22H26ClF2N5O3/c1-32-20(31)13-4-2-6-29(10-13)19-15-9-26-18(23)16(25)17(15)27-21(28-19)33-12-22-5-3-7-30(22)11-14(24)8-22/h9,13-14H,2-8,10-12H2,1H3/t13?,14-,22+/m0/s1. The Morgan fingerprint density at radius 1 is 1.30 bits per heavy atom. The normalized spacial score (nSPS) is 27.7. The van der Waals surface area contributed by atoms with Crippen molar-refractivity contribution < 1.29 is 23.0 Å². The van der Waals surface area contributed by atoms with E-state index in [0.29, 0.717) is 43.7 Å². The van der Waals surface area contributed by atoms with E-state index < -0.39 is 12.0 Å². The number of ether oxygens (including phenoxy) is 2. The van der Waals surface area contributed by atoms with Crippen LogP contribution in [-0.4, -0.2) is 77.4 Å². The van der Waals surface area contributed by atoms with Gasteiger partial charge in [-0.2, -0.15) is 9.97 Å². The number of carbonyl (C=O) groups excluding carboxylic acids is 1. The van der Waals surface area contributed by atoms with Gasteiger partial charge in [-0.1, -0.05) is 11.6 Å². The molecule has 11 heteroatoms. The highest BCUT2D eigenvalue weighted by molar-refractivity contribution is 6.30. The van der Waals surface area contributed by atoms with Gasteiger partial charge in [-0.25, -0.2) is 13.8 Å². The predicted octanol–water partition coefficient (Wildman–Crippen LogP) is 3.16. The SMILES string of the molecule is COC(=O)C1CCCN(c2nc(OC[C@]34CCCN3C[C@@H](F)C4)nc3c(F)c(Cl)ncc23)C1. The van der Waals surface area contributed by atoms with Crippen LogP contribution in [0.3, 0.4) is 0 Å². The summed E-state index contributed by atoms with van der Waals surface area (Å²) in [7, 11) is 1.37. The van der Waals surface area contributed by atoms with Gasteiger partial charge in [-0.3, -0.25) is 9.69 Å². The molecule has 2 aromatic rings. The maximum absolute atomic E-state index is 14.9. The van der Waals surface area contributed by atoms with Gasteiger partial charge in [0.05, 0.1) is 24.0 Å². The van der Waals surface area contributed by atoms with Gasteiger partial charge in [0, 0.05) is 32.3 Å². The zero-order valence-corrected chi connectivity index (χ0v) is 19.2. The van der Waals surface area contributed by atoms with Crippen molar-refractivity contribution >= 4 is 34.3 Å². The molecule has 5 rings (SSSR count). The molecule has 0 aliphatic carbocycles. The Labute approximate surface area is 195 Å². The van der Waals surface area contributed by atoms with Gasteiger partial charge in [-0.05, 0) is 32.2 Å². The monoisotopic (exact) mass is 481 g/mol. The van der Waals surface area contributed by atoms with E-state index in [-0.39, 0.29) is 40.7 Å². The molecule has 1 unspecified atom stereocenters. The molecule has 8 nitrogen and oxygen atoms in total. The molecule has 3 atom stereocenters. The maximum atomic E-state index is 14.9. The summed E-state index contributed by atoms with van der Waals surface area (Å²) >= 11 is 5.92. The average Bonchev–Trinajstić information content (AvgIpc) is 3.35. The van der Waals surface area contributed by atoms with Crippen LogP contribution in [0.2, 0.25) is 5.15 Å². The van der Waals surface area contributed by atoms with Gasteiger partial charge in [0.25, 0.3) is 0 Å². The highest BCUT2D eigenvalue weighted by Crippen LogP contribution is 2.40. The van der Waals surface area contributed by atoms with Crippen molar-refractivity contribution in [2.45, 2.75) is 43.8 Å². The topological polar surface area (TPSA) is 80.7 Å². The number of nitrogens with zero attached hydrogens (tertiary/aromatic N) is 5. The number of esters is 1. The van der Waals surface area contributed by atoms with E-state index in [1.165, 1.54) is 13.3 Å². The second kappa shape index (κ2) is 8.79. The molecule has 3 aliphatic rings. The van der Waals surface area contributed by atoms with Crippen LogP contribution in [0.1, 0.15) is 32.1 Å². The highest BCUT2D eigenvalue weighted by atomic mass is 35.5. The first-order valence-corrected chi connectivity index (χ1v) is 11.6. The number of rotatable bonds is 5. The molecule has 0 N–H and O–H groups in total. The van der Waals surface area contributed by atoms with Crippen LogP contribution in [0.25, 0.3) is 10.9 Å². The van der Waals surface area contributed by atoms with Crippen LogP contribution >= 0.6 is 11.6 Å². The van der Waals surface area contributed by atoms with Crippen LogP contribution in [0.4, 0.5) is 14.6 Å². The molecule has 178 valence electrons. The zero-order valence-electron chi connectivity index (χ0n) is 18.4. The summed E-state index contributed by atoms with van der Waals surface area (Å²) < 4.78 is 39.9. The number of hydrogen-bond donors (Lipinski definition) is 0. The van der Waals surface area contributed by atoms with E-state index >= 15 is 0 Å². The van der Waals surface area contributed by atoms with E-state index in [0.717, 1.165) is 25.8 Å². The van der Waals surface area contributed by atoms with Crippen LogP contribution in [0, 0.1) is 11.7 Å². The summed E-state index contributed by atoms with van der Waals surface area (Å²) in [6, 6.07) is 0.00221. The van der Waals surface area contributed by atoms with Gasteiger partial charge in [0.15, 0.2) is 11.0 Å². The van der Waals surface area contributed by atoms with Crippen molar-refractivity contribution in [3.8, 4) is 6.01 Å². The number of pyridine rings is 1. The van der Waals surface area contributed by atoms with Crippen LogP contribution in [0.15, 0.2) is 6.20 Å². The molecular weight excluding hydrogens is 456 g/mol. The Hall–Kier alpha value is -2.33. The lowest BCUT2D eigenvalue weighted by atomic mass is 9.95. The third kappa shape index (κ3) is 4.07. The summed E-state index contributed by atoms with van der Waals surface area (Å²) in [4.78, 5) is 29.0. The van der Waals surface area contributed by atoms with Gasteiger partial charge >= 0.3 is 12.0 Å². The van der Waals surface area contributed by atoms with E-state index in [4.69, 9.17) is 21.1 Å². The Morgan fingerprint density at radius 2 is 2.15 bits per heavy atom. The van der Waals surface area contributed by atoms with Crippen LogP contribution in [-0.2, 0) is 9.53 Å². The van der Waals surface area contributed by atoms with Crippen LogP contribution in [0.5, 0.6) is 6.01 Å². The molecule has 3 fully saturated rings. The molecule has 3 saturated heterocycles. The molecule has 2 aromatic heterocycles. The first-order chi connectivity index (χ1) is 15.9. The Balaban J connectivity index is 1.48. The number of aromatic nitrogens is 3. The number of piperidine rings is 1.